The van der Waals surface area contributed by atoms with Crippen molar-refractivity contribution in [1.82, 2.24) is 20.0 Å². The molecule has 2 rings (SSSR count). The van der Waals surface area contributed by atoms with Gasteiger partial charge in [-0.3, -0.25) is 4.79 Å². The van der Waals surface area contributed by atoms with Crippen LogP contribution in [-0.2, 0) is 23.2 Å². The molecule has 1 aliphatic heterocycles. The van der Waals surface area contributed by atoms with E-state index in [9.17, 15) is 9.59 Å². The van der Waals surface area contributed by atoms with Crippen molar-refractivity contribution in [3.05, 3.63) is 17.0 Å². The van der Waals surface area contributed by atoms with Crippen LogP contribution in [0.1, 0.15) is 64.9 Å². The van der Waals surface area contributed by atoms with Gasteiger partial charge in [0.1, 0.15) is 0 Å². The highest BCUT2D eigenvalue weighted by molar-refractivity contribution is 5.76. The lowest BCUT2D eigenvalue weighted by Crippen LogP contribution is -2.30. The van der Waals surface area contributed by atoms with Crippen molar-refractivity contribution in [3.63, 3.8) is 0 Å². The van der Waals surface area contributed by atoms with Crippen LogP contribution in [-0.4, -0.2) is 47.3 Å². The van der Waals surface area contributed by atoms with Crippen molar-refractivity contribution in [2.75, 3.05) is 20.6 Å². The van der Waals surface area contributed by atoms with Gasteiger partial charge in [-0.1, -0.05) is 41.5 Å². The molecule has 0 fully saturated rings. The molecule has 26 heavy (non-hydrogen) atoms. The predicted molar refractivity (Wildman–Crippen MR) is 104 cm³/mol. The summed E-state index contributed by atoms with van der Waals surface area (Å²) in [6.07, 6.45) is 1.43. The Morgan fingerprint density at radius 2 is 1.77 bits per heavy atom. The Hall–Kier alpha value is -1.89. The first-order valence-corrected chi connectivity index (χ1v) is 9.06. The predicted octanol–water partition coefficient (Wildman–Crippen LogP) is 2.26. The summed E-state index contributed by atoms with van der Waals surface area (Å²) in [5, 5.41) is 7.00. The number of hydrogen-bond donors (Lipinski definition) is 2. The Morgan fingerprint density at radius 3 is 2.15 bits per heavy atom. The van der Waals surface area contributed by atoms with Gasteiger partial charge in [-0.25, -0.2) is 4.79 Å². The molecule has 1 aromatic heterocycles. The zero-order valence-corrected chi connectivity index (χ0v) is 17.6. The Bertz CT molecular complexity index is 650. The quantitative estimate of drug-likeness (QED) is 0.798. The first kappa shape index (κ1) is 22.2. The molecule has 0 saturated carbocycles. The second-order valence-corrected chi connectivity index (χ2v) is 9.17. The lowest BCUT2D eigenvalue weighted by atomic mass is 9.87. The number of nitrogens with one attached hydrogen (secondary N) is 1. The van der Waals surface area contributed by atoms with Gasteiger partial charge in [0.25, 0.3) is 0 Å². The van der Waals surface area contributed by atoms with Gasteiger partial charge in [0, 0.05) is 44.0 Å². The van der Waals surface area contributed by atoms with Crippen molar-refractivity contribution in [3.8, 4) is 0 Å². The fourth-order valence-corrected chi connectivity index (χ4v) is 2.91. The van der Waals surface area contributed by atoms with E-state index in [0.29, 0.717) is 6.42 Å². The van der Waals surface area contributed by atoms with Crippen LogP contribution in [0.15, 0.2) is 0 Å². The molecule has 2 amide bonds. The standard InChI is InChI=1S/C12H20N4O.C7H15NO/c1-12(2,3)10-8-7-15(4)6-5-9(8)16(14-10)11(13)17;1-7(2,3)5-6(9)8-4/h5-7H2,1-4H3,(H2,13,17);5H2,1-4H3,(H,8,9). The summed E-state index contributed by atoms with van der Waals surface area (Å²) in [5.74, 6) is 0.113. The SMILES string of the molecule is CN1CCc2c(c(C(C)(C)C)nn2C(N)=O)C1.CNC(=O)CC(C)(C)C. The number of nitrogens with zero attached hydrogens (tertiary/aromatic N) is 3. The maximum Gasteiger partial charge on any atom is 0.339 e. The number of hydrogen-bond acceptors (Lipinski definition) is 4. The third-order valence-electron chi connectivity index (χ3n) is 4.14. The Labute approximate surface area is 157 Å². The minimum absolute atomic E-state index is 0.0665. The molecule has 3 N–H and O–H groups in total. The first-order valence-electron chi connectivity index (χ1n) is 9.06. The molecule has 7 nitrogen and oxygen atoms in total. The van der Waals surface area contributed by atoms with Crippen LogP contribution >= 0.6 is 0 Å². The molecule has 0 atom stereocenters. The number of primary amides is 1. The summed E-state index contributed by atoms with van der Waals surface area (Å²) in [7, 11) is 3.74. The van der Waals surface area contributed by atoms with Crippen molar-refractivity contribution >= 4 is 11.9 Å². The normalized spacial score (nSPS) is 14.9. The molecule has 0 saturated heterocycles. The van der Waals surface area contributed by atoms with Crippen molar-refractivity contribution in [2.24, 2.45) is 11.1 Å². The van der Waals surface area contributed by atoms with Crippen LogP contribution < -0.4 is 11.1 Å². The smallest absolute Gasteiger partial charge is 0.339 e. The number of amides is 2. The summed E-state index contributed by atoms with van der Waals surface area (Å²) in [5.41, 5.74) is 8.56. The van der Waals surface area contributed by atoms with E-state index < -0.39 is 6.03 Å². The lowest BCUT2D eigenvalue weighted by Gasteiger charge is -2.25. The molecule has 0 radical (unpaired) electrons. The van der Waals surface area contributed by atoms with Gasteiger partial charge in [-0.2, -0.15) is 9.78 Å². The van der Waals surface area contributed by atoms with Crippen LogP contribution in [0.3, 0.4) is 0 Å². The van der Waals surface area contributed by atoms with Crippen LogP contribution in [0.2, 0.25) is 0 Å². The molecule has 2 heterocycles. The van der Waals surface area contributed by atoms with Gasteiger partial charge in [-0.15, -0.1) is 0 Å². The van der Waals surface area contributed by atoms with Crippen LogP contribution in [0, 0.1) is 5.41 Å². The van der Waals surface area contributed by atoms with E-state index in [1.165, 1.54) is 10.2 Å². The van der Waals surface area contributed by atoms with Crippen LogP contribution in [0.25, 0.3) is 0 Å². The summed E-state index contributed by atoms with van der Waals surface area (Å²) >= 11 is 0. The average Bonchev–Trinajstić information content (AvgIpc) is 2.84. The Balaban J connectivity index is 0.000000321. The number of nitrogens with two attached hydrogens (primary N) is 1. The molecular weight excluding hydrogens is 330 g/mol. The van der Waals surface area contributed by atoms with E-state index in [0.717, 1.165) is 30.9 Å². The van der Waals surface area contributed by atoms with Gasteiger partial charge in [0.15, 0.2) is 0 Å². The zero-order chi connectivity index (χ0) is 20.3. The third kappa shape index (κ3) is 6.12. The summed E-state index contributed by atoms with van der Waals surface area (Å²) in [6, 6.07) is -0.485. The highest BCUT2D eigenvalue weighted by Crippen LogP contribution is 2.30. The minimum atomic E-state index is -0.485. The van der Waals surface area contributed by atoms with Crippen molar-refractivity contribution < 1.29 is 9.59 Å². The number of aromatic nitrogens is 2. The summed E-state index contributed by atoms with van der Waals surface area (Å²) < 4.78 is 1.38. The molecule has 148 valence electrons. The van der Waals surface area contributed by atoms with Gasteiger partial charge >= 0.3 is 6.03 Å². The lowest BCUT2D eigenvalue weighted by molar-refractivity contribution is -0.122. The molecule has 0 unspecified atom stereocenters. The molecule has 7 heteroatoms. The van der Waals surface area contributed by atoms with E-state index in [1.54, 1.807) is 7.05 Å². The topological polar surface area (TPSA) is 93.2 Å². The second-order valence-electron chi connectivity index (χ2n) is 9.17. The monoisotopic (exact) mass is 365 g/mol. The van der Waals surface area contributed by atoms with E-state index >= 15 is 0 Å². The number of carbonyl (C=O) groups is 2. The van der Waals surface area contributed by atoms with E-state index in [2.05, 4.69) is 43.1 Å². The van der Waals surface area contributed by atoms with Gasteiger partial charge < -0.3 is 16.0 Å². The molecule has 1 aliphatic rings. The highest BCUT2D eigenvalue weighted by Gasteiger charge is 2.30. The molecular formula is C19H35N5O2. The van der Waals surface area contributed by atoms with Gasteiger partial charge in [0.05, 0.1) is 11.4 Å². The number of fused-ring (bicyclic) bond motifs is 1. The Kier molecular flexibility index (Phi) is 6.99. The summed E-state index contributed by atoms with van der Waals surface area (Å²) in [4.78, 5) is 24.4. The molecule has 0 aliphatic carbocycles. The zero-order valence-electron chi connectivity index (χ0n) is 17.6. The van der Waals surface area contributed by atoms with Gasteiger partial charge in [0.2, 0.25) is 5.91 Å². The number of rotatable bonds is 1. The van der Waals surface area contributed by atoms with Crippen LogP contribution in [0.5, 0.6) is 0 Å². The number of carbonyl (C=O) groups excluding carboxylic acids is 2. The largest absolute Gasteiger partial charge is 0.359 e. The van der Waals surface area contributed by atoms with E-state index in [-0.39, 0.29) is 16.7 Å². The first-order chi connectivity index (χ1) is 11.8. The molecule has 0 aromatic carbocycles. The molecule has 0 bridgehead atoms. The maximum absolute atomic E-state index is 11.4. The average molecular weight is 366 g/mol. The molecule has 0 spiro atoms. The fourth-order valence-electron chi connectivity index (χ4n) is 2.91. The van der Waals surface area contributed by atoms with E-state index in [4.69, 9.17) is 5.73 Å². The van der Waals surface area contributed by atoms with Crippen molar-refractivity contribution in [2.45, 2.75) is 66.3 Å². The Morgan fingerprint density at radius 1 is 1.19 bits per heavy atom. The third-order valence-corrected chi connectivity index (χ3v) is 4.14. The van der Waals surface area contributed by atoms with E-state index in [1.807, 2.05) is 20.8 Å². The second kappa shape index (κ2) is 8.20. The van der Waals surface area contributed by atoms with Crippen LogP contribution in [0.4, 0.5) is 4.79 Å². The minimum Gasteiger partial charge on any atom is -0.359 e. The number of likely N-dealkylation sites (N-methyl/N-ethyl adjacent to an activating group) is 1. The highest BCUT2D eigenvalue weighted by atomic mass is 16.2. The summed E-state index contributed by atoms with van der Waals surface area (Å²) in [6.45, 7) is 14.2. The maximum atomic E-state index is 11.4. The van der Waals surface area contributed by atoms with Crippen molar-refractivity contribution in [1.29, 1.82) is 0 Å². The fraction of sp³-hybridized carbons (Fsp3) is 0.737. The van der Waals surface area contributed by atoms with Gasteiger partial charge in [-0.05, 0) is 12.5 Å². The molecule has 1 aromatic rings.